The maximum atomic E-state index is 10.3. The maximum absolute atomic E-state index is 10.3. The highest BCUT2D eigenvalue weighted by molar-refractivity contribution is 5.38. The van der Waals surface area contributed by atoms with Crippen LogP contribution in [0.4, 0.5) is 0 Å². The summed E-state index contributed by atoms with van der Waals surface area (Å²) in [6.45, 7) is 12.8. The number of hydrogen-bond donors (Lipinski definition) is 1. The summed E-state index contributed by atoms with van der Waals surface area (Å²) in [5.41, 5.74) is 4.52. The lowest BCUT2D eigenvalue weighted by Crippen LogP contribution is -2.20. The Hall–Kier alpha value is -0.860. The third-order valence-corrected chi connectivity index (χ3v) is 3.53. The molecule has 0 radical (unpaired) electrons. The number of benzene rings is 1. The quantitative estimate of drug-likeness (QED) is 0.863. The molecule has 0 amide bonds. The van der Waals surface area contributed by atoms with Crippen molar-refractivity contribution in [1.82, 2.24) is 0 Å². The van der Waals surface area contributed by atoms with Gasteiger partial charge in [0.05, 0.1) is 12.7 Å². The predicted octanol–water partition coefficient (Wildman–Crippen LogP) is 3.71. The summed E-state index contributed by atoms with van der Waals surface area (Å²) in [5, 5.41) is 10.3. The van der Waals surface area contributed by atoms with Crippen LogP contribution in [0.2, 0.25) is 0 Å². The lowest BCUT2D eigenvalue weighted by Gasteiger charge is -2.21. The minimum Gasteiger partial charge on any atom is -0.386 e. The Morgan fingerprint density at radius 1 is 1.06 bits per heavy atom. The van der Waals surface area contributed by atoms with E-state index in [4.69, 9.17) is 4.74 Å². The first-order valence-corrected chi connectivity index (χ1v) is 6.70. The second-order valence-electron chi connectivity index (χ2n) is 5.61. The van der Waals surface area contributed by atoms with Gasteiger partial charge in [-0.05, 0) is 50.3 Å². The van der Waals surface area contributed by atoms with Crippen LogP contribution < -0.4 is 0 Å². The fourth-order valence-corrected chi connectivity index (χ4v) is 2.24. The molecule has 2 atom stereocenters. The molecule has 1 N–H and O–H groups in total. The summed E-state index contributed by atoms with van der Waals surface area (Å²) >= 11 is 0. The van der Waals surface area contributed by atoms with Crippen LogP contribution in [0.25, 0.3) is 0 Å². The van der Waals surface area contributed by atoms with Gasteiger partial charge >= 0.3 is 0 Å². The molecule has 1 rings (SSSR count). The molecule has 1 aromatic rings. The Kier molecular flexibility index (Phi) is 5.36. The van der Waals surface area contributed by atoms with E-state index in [9.17, 15) is 5.11 Å². The molecule has 0 saturated carbocycles. The normalized spacial score (nSPS) is 14.9. The van der Waals surface area contributed by atoms with Crippen molar-refractivity contribution in [1.29, 1.82) is 0 Å². The van der Waals surface area contributed by atoms with Crippen molar-refractivity contribution in [2.24, 2.45) is 5.92 Å². The van der Waals surface area contributed by atoms with E-state index in [1.54, 1.807) is 0 Å². The first kappa shape index (κ1) is 15.2. The summed E-state index contributed by atoms with van der Waals surface area (Å²) < 4.78 is 5.71. The lowest BCUT2D eigenvalue weighted by atomic mass is 9.96. The van der Waals surface area contributed by atoms with E-state index in [0.717, 1.165) is 16.7 Å². The number of aliphatic hydroxyl groups excluding tert-OH is 1. The Morgan fingerprint density at radius 3 is 2.00 bits per heavy atom. The van der Waals surface area contributed by atoms with Gasteiger partial charge < -0.3 is 9.84 Å². The first-order valence-electron chi connectivity index (χ1n) is 6.70. The van der Waals surface area contributed by atoms with E-state index in [1.807, 2.05) is 20.8 Å². The highest BCUT2D eigenvalue weighted by Gasteiger charge is 2.16. The summed E-state index contributed by atoms with van der Waals surface area (Å²) in [6, 6.07) is 4.22. The van der Waals surface area contributed by atoms with Crippen molar-refractivity contribution in [3.8, 4) is 0 Å². The van der Waals surface area contributed by atoms with Gasteiger partial charge in [-0.1, -0.05) is 31.5 Å². The number of rotatable bonds is 5. The second kappa shape index (κ2) is 6.35. The Bertz CT molecular complexity index is 373. The van der Waals surface area contributed by atoms with Crippen LogP contribution in [-0.4, -0.2) is 17.8 Å². The number of ether oxygens (including phenoxy) is 1. The maximum Gasteiger partial charge on any atom is 0.103 e. The molecule has 2 nitrogen and oxygen atoms in total. The Balaban J connectivity index is 2.76. The van der Waals surface area contributed by atoms with Crippen LogP contribution in [0.5, 0.6) is 0 Å². The van der Waals surface area contributed by atoms with Crippen LogP contribution in [0.3, 0.4) is 0 Å². The van der Waals surface area contributed by atoms with Gasteiger partial charge in [-0.15, -0.1) is 0 Å². The minimum atomic E-state index is -0.535. The average molecular weight is 250 g/mol. The van der Waals surface area contributed by atoms with E-state index < -0.39 is 6.10 Å². The number of hydrogen-bond acceptors (Lipinski definition) is 2. The largest absolute Gasteiger partial charge is 0.386 e. The summed E-state index contributed by atoms with van der Waals surface area (Å²) in [4.78, 5) is 0. The molecule has 0 aliphatic heterocycles. The zero-order valence-electron chi connectivity index (χ0n) is 12.4. The molecule has 2 unspecified atom stereocenters. The molecule has 0 fully saturated rings. The van der Waals surface area contributed by atoms with E-state index in [1.165, 1.54) is 5.56 Å². The molecule has 102 valence electrons. The van der Waals surface area contributed by atoms with Crippen molar-refractivity contribution in [3.63, 3.8) is 0 Å². The minimum absolute atomic E-state index is 0.172. The molecule has 0 aliphatic carbocycles. The second-order valence-corrected chi connectivity index (χ2v) is 5.61. The van der Waals surface area contributed by atoms with Gasteiger partial charge in [-0.2, -0.15) is 0 Å². The smallest absolute Gasteiger partial charge is 0.103 e. The highest BCUT2D eigenvalue weighted by Crippen LogP contribution is 2.24. The van der Waals surface area contributed by atoms with Gasteiger partial charge in [0.15, 0.2) is 0 Å². The molecule has 0 saturated heterocycles. The van der Waals surface area contributed by atoms with E-state index >= 15 is 0 Å². The zero-order valence-corrected chi connectivity index (χ0v) is 12.4. The lowest BCUT2D eigenvalue weighted by molar-refractivity contribution is -0.0210. The van der Waals surface area contributed by atoms with Crippen LogP contribution >= 0.6 is 0 Å². The van der Waals surface area contributed by atoms with Gasteiger partial charge in [0.2, 0.25) is 0 Å². The SMILES string of the molecule is Cc1cc(C)c(C(O)COC(C)C(C)C)c(C)c1. The first-order chi connectivity index (χ1) is 8.32. The van der Waals surface area contributed by atoms with E-state index in [2.05, 4.69) is 32.9 Å². The van der Waals surface area contributed by atoms with Crippen LogP contribution in [0.15, 0.2) is 12.1 Å². The molecule has 0 aromatic heterocycles. The third-order valence-electron chi connectivity index (χ3n) is 3.53. The van der Waals surface area contributed by atoms with Crippen molar-refractivity contribution >= 4 is 0 Å². The van der Waals surface area contributed by atoms with Crippen molar-refractivity contribution in [2.75, 3.05) is 6.61 Å². The summed E-state index contributed by atoms with van der Waals surface area (Å²) in [6.07, 6.45) is -0.363. The predicted molar refractivity (Wildman–Crippen MR) is 75.9 cm³/mol. The molecule has 0 aliphatic rings. The van der Waals surface area contributed by atoms with Gasteiger partial charge in [-0.3, -0.25) is 0 Å². The molecule has 0 bridgehead atoms. The highest BCUT2D eigenvalue weighted by atomic mass is 16.5. The number of aryl methyl sites for hydroxylation is 3. The van der Waals surface area contributed by atoms with Gasteiger partial charge in [0.1, 0.15) is 6.10 Å². The van der Waals surface area contributed by atoms with E-state index in [0.29, 0.717) is 12.5 Å². The fraction of sp³-hybridized carbons (Fsp3) is 0.625. The topological polar surface area (TPSA) is 29.5 Å². The number of aliphatic hydroxyl groups is 1. The van der Waals surface area contributed by atoms with Gasteiger partial charge in [0, 0.05) is 0 Å². The van der Waals surface area contributed by atoms with Crippen LogP contribution in [0, 0.1) is 26.7 Å². The van der Waals surface area contributed by atoms with Gasteiger partial charge in [-0.25, -0.2) is 0 Å². The molecule has 1 aromatic carbocycles. The van der Waals surface area contributed by atoms with Gasteiger partial charge in [0.25, 0.3) is 0 Å². The van der Waals surface area contributed by atoms with E-state index in [-0.39, 0.29) is 6.10 Å². The fourth-order valence-electron chi connectivity index (χ4n) is 2.24. The Morgan fingerprint density at radius 2 is 1.56 bits per heavy atom. The monoisotopic (exact) mass is 250 g/mol. The zero-order chi connectivity index (χ0) is 13.9. The molecule has 18 heavy (non-hydrogen) atoms. The van der Waals surface area contributed by atoms with Crippen molar-refractivity contribution in [2.45, 2.75) is 53.8 Å². The van der Waals surface area contributed by atoms with Crippen molar-refractivity contribution < 1.29 is 9.84 Å². The molecule has 0 spiro atoms. The molecule has 2 heteroatoms. The molecular formula is C16H26O2. The molecular weight excluding hydrogens is 224 g/mol. The molecule has 0 heterocycles. The summed E-state index contributed by atoms with van der Waals surface area (Å²) in [5.74, 6) is 0.470. The van der Waals surface area contributed by atoms with Crippen LogP contribution in [-0.2, 0) is 4.74 Å². The standard InChI is InChI=1S/C16H26O2/c1-10(2)14(6)18-9-15(17)16-12(4)7-11(3)8-13(16)5/h7-8,10,14-15,17H,9H2,1-6H3. The third kappa shape index (κ3) is 3.82. The Labute approximate surface area is 111 Å². The van der Waals surface area contributed by atoms with Crippen molar-refractivity contribution in [3.05, 3.63) is 34.4 Å². The average Bonchev–Trinajstić information content (AvgIpc) is 2.24. The summed E-state index contributed by atoms with van der Waals surface area (Å²) in [7, 11) is 0. The van der Waals surface area contributed by atoms with Crippen LogP contribution in [0.1, 0.15) is 49.1 Å².